The lowest BCUT2D eigenvalue weighted by Crippen LogP contribution is -2.43. The summed E-state index contributed by atoms with van der Waals surface area (Å²) in [4.78, 5) is 6.24. The van der Waals surface area contributed by atoms with Gasteiger partial charge in [-0.15, -0.1) is 0 Å². The lowest BCUT2D eigenvalue weighted by molar-refractivity contribution is -0.437. The van der Waals surface area contributed by atoms with Crippen molar-refractivity contribution in [2.75, 3.05) is 0 Å². The van der Waals surface area contributed by atoms with Gasteiger partial charge < -0.3 is 0 Å². The summed E-state index contributed by atoms with van der Waals surface area (Å²) in [6.45, 7) is 0. The lowest BCUT2D eigenvalue weighted by Gasteiger charge is -2.25. The lowest BCUT2D eigenvalue weighted by atomic mass is 9.98. The van der Waals surface area contributed by atoms with Crippen LogP contribution in [0.25, 0.3) is 0 Å². The van der Waals surface area contributed by atoms with Gasteiger partial charge in [-0.05, 0) is 18.6 Å². The van der Waals surface area contributed by atoms with Crippen LogP contribution in [0.2, 0.25) is 0 Å². The molecular formula is C7H5ClF3NO2. The molecule has 0 aliphatic heterocycles. The first-order valence-electron chi connectivity index (χ1n) is 3.57. The van der Waals surface area contributed by atoms with Crippen molar-refractivity contribution in [2.45, 2.75) is 17.5 Å². The first-order valence-corrected chi connectivity index (χ1v) is 3.95. The van der Waals surface area contributed by atoms with Crippen LogP contribution in [0.4, 0.5) is 13.2 Å². The van der Waals surface area contributed by atoms with Crippen molar-refractivity contribution in [2.24, 2.45) is 0 Å². The van der Waals surface area contributed by atoms with Crippen molar-refractivity contribution in [3.8, 4) is 0 Å². The minimum Gasteiger partial charge on any atom is -0.259 e. The van der Waals surface area contributed by atoms with Gasteiger partial charge in [0.05, 0.1) is 4.92 Å². The molecule has 78 valence electrons. The molecule has 0 spiro atoms. The van der Waals surface area contributed by atoms with Gasteiger partial charge in [0.15, 0.2) is 0 Å². The molecule has 1 rings (SSSR count). The Bertz CT molecular complexity index is 323. The molecule has 0 amide bonds. The van der Waals surface area contributed by atoms with E-state index < -0.39 is 21.7 Å². The SMILES string of the molecule is O=[N+]([O-])C1=CCC=CC1(Cl)C(F)(F)F. The highest BCUT2D eigenvalue weighted by Gasteiger charge is 2.60. The molecule has 0 heterocycles. The molecule has 1 aliphatic carbocycles. The Morgan fingerprint density at radius 3 is 2.50 bits per heavy atom. The highest BCUT2D eigenvalue weighted by atomic mass is 35.5. The van der Waals surface area contributed by atoms with Crippen LogP contribution in [-0.2, 0) is 0 Å². The topological polar surface area (TPSA) is 43.1 Å². The fourth-order valence-electron chi connectivity index (χ4n) is 1.09. The standard InChI is InChI=1S/C7H5ClF3NO2/c8-6(7(9,10)11)4-2-1-3-5(6)12(13)14/h2-4H,1H2. The molecule has 0 aromatic carbocycles. The van der Waals surface area contributed by atoms with Crippen molar-refractivity contribution in [1.29, 1.82) is 0 Å². The molecule has 0 bridgehead atoms. The summed E-state index contributed by atoms with van der Waals surface area (Å²) < 4.78 is 37.2. The van der Waals surface area contributed by atoms with E-state index in [4.69, 9.17) is 11.6 Å². The Hall–Kier alpha value is -1.04. The van der Waals surface area contributed by atoms with Gasteiger partial charge in [0.25, 0.3) is 5.70 Å². The third-order valence-electron chi connectivity index (χ3n) is 1.78. The van der Waals surface area contributed by atoms with Crippen molar-refractivity contribution in [1.82, 2.24) is 0 Å². The first-order chi connectivity index (χ1) is 6.29. The molecular weight excluding hydrogens is 223 g/mol. The highest BCUT2D eigenvalue weighted by Crippen LogP contribution is 2.44. The Labute approximate surface area is 82.0 Å². The van der Waals surface area contributed by atoms with Gasteiger partial charge in [-0.1, -0.05) is 17.7 Å². The quantitative estimate of drug-likeness (QED) is 0.299. The molecule has 0 radical (unpaired) electrons. The van der Waals surface area contributed by atoms with Gasteiger partial charge in [-0.3, -0.25) is 10.1 Å². The number of hydrogen-bond acceptors (Lipinski definition) is 2. The number of hydrogen-bond donors (Lipinski definition) is 0. The van der Waals surface area contributed by atoms with Crippen molar-refractivity contribution >= 4 is 11.6 Å². The predicted molar refractivity (Wildman–Crippen MR) is 43.5 cm³/mol. The highest BCUT2D eigenvalue weighted by molar-refractivity contribution is 6.27. The number of rotatable bonds is 1. The van der Waals surface area contributed by atoms with E-state index in [0.717, 1.165) is 12.2 Å². The van der Waals surface area contributed by atoms with Crippen LogP contribution < -0.4 is 0 Å². The van der Waals surface area contributed by atoms with Crippen LogP contribution in [0.1, 0.15) is 6.42 Å². The maximum absolute atomic E-state index is 12.4. The largest absolute Gasteiger partial charge is 0.421 e. The third-order valence-corrected chi connectivity index (χ3v) is 2.31. The minimum atomic E-state index is -4.87. The zero-order valence-corrected chi connectivity index (χ0v) is 7.47. The Morgan fingerprint density at radius 2 is 2.14 bits per heavy atom. The van der Waals surface area contributed by atoms with Gasteiger partial charge in [0.2, 0.25) is 4.87 Å². The van der Waals surface area contributed by atoms with E-state index in [1.807, 2.05) is 0 Å². The van der Waals surface area contributed by atoms with E-state index >= 15 is 0 Å². The van der Waals surface area contributed by atoms with Gasteiger partial charge in [0.1, 0.15) is 0 Å². The molecule has 1 aliphatic rings. The molecule has 0 aromatic rings. The van der Waals surface area contributed by atoms with Crippen LogP contribution in [0, 0.1) is 10.1 Å². The maximum atomic E-state index is 12.4. The number of halogens is 4. The number of nitro groups is 1. The van der Waals surface area contributed by atoms with Crippen molar-refractivity contribution < 1.29 is 18.1 Å². The van der Waals surface area contributed by atoms with Crippen LogP contribution in [0.5, 0.6) is 0 Å². The molecule has 0 aromatic heterocycles. The minimum absolute atomic E-state index is 0.0842. The second kappa shape index (κ2) is 3.27. The molecule has 3 nitrogen and oxygen atoms in total. The van der Waals surface area contributed by atoms with Gasteiger partial charge in [0, 0.05) is 0 Å². The predicted octanol–water partition coefficient (Wildman–Crippen LogP) is 2.65. The molecule has 14 heavy (non-hydrogen) atoms. The summed E-state index contributed by atoms with van der Waals surface area (Å²) in [6, 6.07) is 0. The van der Waals surface area contributed by atoms with E-state index in [-0.39, 0.29) is 6.42 Å². The third kappa shape index (κ3) is 1.61. The average molecular weight is 228 g/mol. The fourth-order valence-corrected chi connectivity index (χ4v) is 1.33. The fraction of sp³-hybridized carbons (Fsp3) is 0.429. The molecule has 0 saturated carbocycles. The molecule has 0 saturated heterocycles. The normalized spacial score (nSPS) is 27.3. The van der Waals surface area contributed by atoms with Gasteiger partial charge >= 0.3 is 6.18 Å². The Kier molecular flexibility index (Phi) is 2.58. The number of alkyl halides is 4. The van der Waals surface area contributed by atoms with Crippen LogP contribution >= 0.6 is 11.6 Å². The summed E-state index contributed by atoms with van der Waals surface area (Å²) in [5, 5.41) is 10.3. The number of nitrogens with zero attached hydrogens (tertiary/aromatic N) is 1. The number of allylic oxidation sites excluding steroid dienone is 3. The van der Waals surface area contributed by atoms with Crippen LogP contribution in [-0.4, -0.2) is 16.0 Å². The summed E-state index contributed by atoms with van der Waals surface area (Å²) in [5.74, 6) is 0. The molecule has 1 atom stereocenters. The second-order valence-corrected chi connectivity index (χ2v) is 3.29. The maximum Gasteiger partial charge on any atom is 0.421 e. The van der Waals surface area contributed by atoms with E-state index in [1.165, 1.54) is 0 Å². The molecule has 1 unspecified atom stereocenters. The van der Waals surface area contributed by atoms with Crippen molar-refractivity contribution in [3.63, 3.8) is 0 Å². The summed E-state index contributed by atoms with van der Waals surface area (Å²) in [7, 11) is 0. The smallest absolute Gasteiger partial charge is 0.259 e. The van der Waals surface area contributed by atoms with Gasteiger partial charge in [-0.25, -0.2) is 0 Å². The van der Waals surface area contributed by atoms with E-state index in [0.29, 0.717) is 6.08 Å². The molecule has 0 fully saturated rings. The van der Waals surface area contributed by atoms with E-state index in [1.54, 1.807) is 0 Å². The zero-order valence-electron chi connectivity index (χ0n) is 6.71. The summed E-state index contributed by atoms with van der Waals surface area (Å²) in [5.41, 5.74) is -1.03. The second-order valence-electron chi connectivity index (χ2n) is 2.69. The molecule has 7 heteroatoms. The summed E-state index contributed by atoms with van der Waals surface area (Å²) in [6.07, 6.45) is -2.17. The van der Waals surface area contributed by atoms with Crippen molar-refractivity contribution in [3.05, 3.63) is 34.0 Å². The van der Waals surface area contributed by atoms with Gasteiger partial charge in [-0.2, -0.15) is 13.2 Å². The van der Waals surface area contributed by atoms with Crippen LogP contribution in [0.15, 0.2) is 23.9 Å². The summed E-state index contributed by atoms with van der Waals surface area (Å²) >= 11 is 5.19. The zero-order chi connectivity index (χ0) is 11.0. The van der Waals surface area contributed by atoms with E-state index in [9.17, 15) is 23.3 Å². The Morgan fingerprint density at radius 1 is 1.57 bits per heavy atom. The average Bonchev–Trinajstić information content (AvgIpc) is 2.02. The van der Waals surface area contributed by atoms with E-state index in [2.05, 4.69) is 0 Å². The monoisotopic (exact) mass is 227 g/mol. The Balaban J connectivity index is 3.18. The van der Waals surface area contributed by atoms with Crippen LogP contribution in [0.3, 0.4) is 0 Å². The molecule has 0 N–H and O–H groups in total. The first kappa shape index (κ1) is 11.0.